The zero-order valence-corrected chi connectivity index (χ0v) is 17.8. The maximum atomic E-state index is 13.4. The van der Waals surface area contributed by atoms with Crippen LogP contribution >= 0.6 is 15.9 Å². The Hall–Kier alpha value is -3.58. The number of imide groups is 1. The van der Waals surface area contributed by atoms with Crippen LogP contribution in [0.4, 0.5) is 11.4 Å². The SMILES string of the molecule is O=C(C1=NN(c2ccc(Br)cc2)[C@@H]2C(=O)N(c3ccccc3)C(=O)[C@@H]12)c1ccccc1. The van der Waals surface area contributed by atoms with E-state index in [9.17, 15) is 14.4 Å². The molecule has 1 fully saturated rings. The molecule has 0 radical (unpaired) electrons. The van der Waals surface area contributed by atoms with Crippen LogP contribution in [-0.2, 0) is 9.59 Å². The highest BCUT2D eigenvalue weighted by Crippen LogP contribution is 2.38. The summed E-state index contributed by atoms with van der Waals surface area (Å²) < 4.78 is 0.872. The molecule has 5 rings (SSSR count). The van der Waals surface area contributed by atoms with E-state index in [0.29, 0.717) is 16.9 Å². The summed E-state index contributed by atoms with van der Waals surface area (Å²) in [6.07, 6.45) is 0. The predicted octanol–water partition coefficient (Wildman–Crippen LogP) is 4.07. The third kappa shape index (κ3) is 3.18. The Morgan fingerprint density at radius 1 is 0.774 bits per heavy atom. The number of benzene rings is 3. The highest BCUT2D eigenvalue weighted by Gasteiger charge is 2.58. The van der Waals surface area contributed by atoms with Gasteiger partial charge in [-0.25, -0.2) is 4.90 Å². The summed E-state index contributed by atoms with van der Waals surface area (Å²) in [7, 11) is 0. The van der Waals surface area contributed by atoms with Crippen LogP contribution in [0.3, 0.4) is 0 Å². The van der Waals surface area contributed by atoms with Crippen molar-refractivity contribution in [2.45, 2.75) is 6.04 Å². The molecule has 2 atom stereocenters. The standard InChI is InChI=1S/C24H16BrN3O3/c25-16-11-13-18(14-12-16)28-21-19(20(26-28)22(29)15-7-3-1-4-8-15)23(30)27(24(21)31)17-9-5-2-6-10-17/h1-14,19,21H/t19-,21-/m0/s1. The second-order valence-corrected chi connectivity index (χ2v) is 8.19. The Kier molecular flexibility index (Phi) is 4.75. The minimum Gasteiger partial charge on any atom is -0.287 e. The molecule has 31 heavy (non-hydrogen) atoms. The van der Waals surface area contributed by atoms with Crippen LogP contribution in [0.2, 0.25) is 0 Å². The number of carbonyl (C=O) groups excluding carboxylic acids is 3. The predicted molar refractivity (Wildman–Crippen MR) is 121 cm³/mol. The molecule has 2 amide bonds. The lowest BCUT2D eigenvalue weighted by molar-refractivity contribution is -0.121. The molecule has 1 saturated heterocycles. The molecule has 152 valence electrons. The Balaban J connectivity index is 1.62. The number of amides is 2. The molecule has 0 bridgehead atoms. The van der Waals surface area contributed by atoms with Crippen molar-refractivity contribution in [2.24, 2.45) is 11.0 Å². The van der Waals surface area contributed by atoms with Gasteiger partial charge in [-0.05, 0) is 36.4 Å². The zero-order chi connectivity index (χ0) is 21.5. The molecular formula is C24H16BrN3O3. The molecule has 2 aliphatic heterocycles. The summed E-state index contributed by atoms with van der Waals surface area (Å²) in [5, 5.41) is 5.99. The lowest BCUT2D eigenvalue weighted by Crippen LogP contribution is -2.39. The molecule has 0 aliphatic carbocycles. The normalized spacial score (nSPS) is 20.1. The lowest BCUT2D eigenvalue weighted by atomic mass is 9.92. The second-order valence-electron chi connectivity index (χ2n) is 7.27. The summed E-state index contributed by atoms with van der Waals surface area (Å²) in [6, 6.07) is 23.8. The summed E-state index contributed by atoms with van der Waals surface area (Å²) in [6.45, 7) is 0. The molecule has 7 heteroatoms. The Bertz CT molecular complexity index is 1210. The second kappa shape index (κ2) is 7.59. The van der Waals surface area contributed by atoms with Gasteiger partial charge >= 0.3 is 0 Å². The fraction of sp³-hybridized carbons (Fsp3) is 0.0833. The van der Waals surface area contributed by atoms with E-state index in [1.807, 2.05) is 24.3 Å². The number of Topliss-reactive ketones (excluding diaryl/α,β-unsaturated/α-hetero) is 1. The molecule has 2 heterocycles. The van der Waals surface area contributed by atoms with Crippen LogP contribution < -0.4 is 9.91 Å². The average Bonchev–Trinajstić information content (AvgIpc) is 3.32. The number of ketones is 1. The number of anilines is 2. The number of para-hydroxylation sites is 1. The third-order valence-corrected chi connectivity index (χ3v) is 5.95. The monoisotopic (exact) mass is 473 g/mol. The Morgan fingerprint density at radius 2 is 1.39 bits per heavy atom. The van der Waals surface area contributed by atoms with Gasteiger partial charge in [0.2, 0.25) is 11.7 Å². The van der Waals surface area contributed by atoms with Crippen molar-refractivity contribution in [1.29, 1.82) is 0 Å². The van der Waals surface area contributed by atoms with Crippen molar-refractivity contribution in [3.8, 4) is 0 Å². The number of hydrogen-bond acceptors (Lipinski definition) is 5. The minimum absolute atomic E-state index is 0.0795. The number of fused-ring (bicyclic) bond motifs is 1. The van der Waals surface area contributed by atoms with Crippen molar-refractivity contribution in [3.05, 3.63) is 95.0 Å². The maximum absolute atomic E-state index is 13.4. The summed E-state index contributed by atoms with van der Waals surface area (Å²) in [5.74, 6) is -2.16. The fourth-order valence-corrected chi connectivity index (χ4v) is 4.24. The molecule has 3 aromatic rings. The topological polar surface area (TPSA) is 70.1 Å². The van der Waals surface area contributed by atoms with Crippen molar-refractivity contribution >= 4 is 50.6 Å². The van der Waals surface area contributed by atoms with Gasteiger partial charge in [-0.15, -0.1) is 0 Å². The minimum atomic E-state index is -0.968. The van der Waals surface area contributed by atoms with Gasteiger partial charge in [-0.1, -0.05) is 64.5 Å². The van der Waals surface area contributed by atoms with Crippen LogP contribution in [0.15, 0.2) is 94.5 Å². The molecule has 6 nitrogen and oxygen atoms in total. The first-order valence-corrected chi connectivity index (χ1v) is 10.5. The van der Waals surface area contributed by atoms with Crippen LogP contribution in [0.5, 0.6) is 0 Å². The first-order chi connectivity index (χ1) is 15.1. The highest BCUT2D eigenvalue weighted by atomic mass is 79.9. The largest absolute Gasteiger partial charge is 0.287 e. The number of nitrogens with zero attached hydrogens (tertiary/aromatic N) is 3. The van der Waals surface area contributed by atoms with Crippen molar-refractivity contribution in [2.75, 3.05) is 9.91 Å². The first-order valence-electron chi connectivity index (χ1n) is 9.72. The Labute approximate surface area is 186 Å². The van der Waals surface area contributed by atoms with E-state index >= 15 is 0 Å². The summed E-state index contributed by atoms with van der Waals surface area (Å²) >= 11 is 3.40. The van der Waals surface area contributed by atoms with Gasteiger partial charge in [0.1, 0.15) is 17.7 Å². The van der Waals surface area contributed by atoms with Gasteiger partial charge in [0.15, 0.2) is 0 Å². The van der Waals surface area contributed by atoms with E-state index in [1.54, 1.807) is 60.7 Å². The van der Waals surface area contributed by atoms with Crippen molar-refractivity contribution in [1.82, 2.24) is 0 Å². The van der Waals surface area contributed by atoms with Crippen LogP contribution in [0.25, 0.3) is 0 Å². The van der Waals surface area contributed by atoms with E-state index in [0.717, 1.165) is 9.37 Å². The molecule has 0 unspecified atom stereocenters. The van der Waals surface area contributed by atoms with Gasteiger partial charge in [-0.2, -0.15) is 5.10 Å². The van der Waals surface area contributed by atoms with Gasteiger partial charge in [0, 0.05) is 10.0 Å². The number of carbonyl (C=O) groups is 3. The molecule has 0 aromatic heterocycles. The number of hydrazone groups is 1. The van der Waals surface area contributed by atoms with Crippen LogP contribution in [-0.4, -0.2) is 29.4 Å². The third-order valence-electron chi connectivity index (χ3n) is 5.42. The average molecular weight is 474 g/mol. The van der Waals surface area contributed by atoms with E-state index in [4.69, 9.17) is 0 Å². The fourth-order valence-electron chi connectivity index (χ4n) is 3.98. The van der Waals surface area contributed by atoms with E-state index in [-0.39, 0.29) is 11.5 Å². The summed E-state index contributed by atoms with van der Waals surface area (Å²) in [5.41, 5.74) is 1.62. The maximum Gasteiger partial charge on any atom is 0.259 e. The zero-order valence-electron chi connectivity index (χ0n) is 16.2. The van der Waals surface area contributed by atoms with Gasteiger partial charge in [0.25, 0.3) is 5.91 Å². The number of rotatable bonds is 4. The number of halogens is 1. The first kappa shape index (κ1) is 19.4. The van der Waals surface area contributed by atoms with E-state index in [2.05, 4.69) is 21.0 Å². The summed E-state index contributed by atoms with van der Waals surface area (Å²) in [4.78, 5) is 41.3. The van der Waals surface area contributed by atoms with E-state index < -0.39 is 23.8 Å². The lowest BCUT2D eigenvalue weighted by Gasteiger charge is -2.22. The van der Waals surface area contributed by atoms with Crippen molar-refractivity contribution < 1.29 is 14.4 Å². The van der Waals surface area contributed by atoms with E-state index in [1.165, 1.54) is 5.01 Å². The van der Waals surface area contributed by atoms with Gasteiger partial charge in [0.05, 0.1) is 11.4 Å². The Morgan fingerprint density at radius 3 is 2.03 bits per heavy atom. The van der Waals surface area contributed by atoms with Crippen LogP contribution in [0.1, 0.15) is 10.4 Å². The quantitative estimate of drug-likeness (QED) is 0.423. The smallest absolute Gasteiger partial charge is 0.259 e. The molecule has 0 saturated carbocycles. The molecule has 0 spiro atoms. The highest BCUT2D eigenvalue weighted by molar-refractivity contribution is 9.10. The molecule has 0 N–H and O–H groups in total. The molecule has 3 aromatic carbocycles. The van der Waals surface area contributed by atoms with Gasteiger partial charge in [-0.3, -0.25) is 19.4 Å². The molecular weight excluding hydrogens is 458 g/mol. The number of hydrogen-bond donors (Lipinski definition) is 0. The molecule has 2 aliphatic rings. The van der Waals surface area contributed by atoms with Gasteiger partial charge < -0.3 is 0 Å². The van der Waals surface area contributed by atoms with Crippen molar-refractivity contribution in [3.63, 3.8) is 0 Å². The van der Waals surface area contributed by atoms with Crippen LogP contribution in [0, 0.1) is 5.92 Å².